The number of halogens is 1. The number of anilines is 1. The van der Waals surface area contributed by atoms with Crippen LogP contribution in [-0.2, 0) is 0 Å². The molecule has 2 atom stereocenters. The molecule has 1 heterocycles. The number of aliphatic hydroxyl groups is 1. The second-order valence-electron chi connectivity index (χ2n) is 3.12. The summed E-state index contributed by atoms with van der Waals surface area (Å²) in [7, 11) is 0. The van der Waals surface area contributed by atoms with Crippen molar-refractivity contribution in [1.29, 1.82) is 0 Å². The predicted molar refractivity (Wildman–Crippen MR) is 64.1 cm³/mol. The van der Waals surface area contributed by atoms with Crippen molar-refractivity contribution in [1.82, 2.24) is 9.97 Å². The summed E-state index contributed by atoms with van der Waals surface area (Å²) in [6.07, 6.45) is 3.72. The van der Waals surface area contributed by atoms with Crippen LogP contribution in [0, 0.1) is 3.57 Å². The smallest absolute Gasteiger partial charge is 0.143 e. The van der Waals surface area contributed by atoms with E-state index < -0.39 is 0 Å². The van der Waals surface area contributed by atoms with Crippen molar-refractivity contribution in [2.24, 2.45) is 0 Å². The van der Waals surface area contributed by atoms with Crippen LogP contribution in [-0.4, -0.2) is 27.2 Å². The third-order valence-electron chi connectivity index (χ3n) is 2.01. The van der Waals surface area contributed by atoms with E-state index in [2.05, 4.69) is 37.9 Å². The summed E-state index contributed by atoms with van der Waals surface area (Å²) in [6, 6.07) is 0.0402. The van der Waals surface area contributed by atoms with Gasteiger partial charge >= 0.3 is 0 Å². The molecule has 0 amide bonds. The van der Waals surface area contributed by atoms with Crippen molar-refractivity contribution in [2.45, 2.75) is 32.4 Å². The second kappa shape index (κ2) is 5.45. The highest BCUT2D eigenvalue weighted by Gasteiger charge is 2.13. The van der Waals surface area contributed by atoms with Crippen LogP contribution < -0.4 is 5.32 Å². The number of nitrogens with zero attached hydrogens (tertiary/aromatic N) is 2. The highest BCUT2D eigenvalue weighted by Crippen LogP contribution is 2.15. The van der Waals surface area contributed by atoms with Gasteiger partial charge in [0.2, 0.25) is 0 Å². The topological polar surface area (TPSA) is 58.0 Å². The minimum Gasteiger partial charge on any atom is -0.391 e. The van der Waals surface area contributed by atoms with Gasteiger partial charge < -0.3 is 10.4 Å². The third-order valence-corrected chi connectivity index (χ3v) is 2.80. The van der Waals surface area contributed by atoms with Crippen molar-refractivity contribution >= 4 is 28.4 Å². The summed E-state index contributed by atoms with van der Waals surface area (Å²) >= 11 is 2.16. The van der Waals surface area contributed by atoms with Gasteiger partial charge in [-0.1, -0.05) is 6.92 Å². The first-order chi connectivity index (χ1) is 6.65. The number of aromatic nitrogens is 2. The van der Waals surface area contributed by atoms with Gasteiger partial charge in [0.05, 0.1) is 15.7 Å². The van der Waals surface area contributed by atoms with E-state index in [0.717, 1.165) is 15.8 Å². The Morgan fingerprint density at radius 3 is 2.86 bits per heavy atom. The molecule has 2 N–H and O–H groups in total. The highest BCUT2D eigenvalue weighted by atomic mass is 127. The van der Waals surface area contributed by atoms with Crippen LogP contribution in [0.15, 0.2) is 12.5 Å². The standard InChI is InChI=1S/C9H14IN3O/c1-3-8(6(2)14)13-9-7(10)4-11-5-12-9/h4-6,8,14H,3H2,1-2H3,(H,11,12,13). The van der Waals surface area contributed by atoms with Crippen LogP contribution in [0.5, 0.6) is 0 Å². The van der Waals surface area contributed by atoms with E-state index in [1.165, 1.54) is 6.33 Å². The molecule has 0 aromatic carbocycles. The first-order valence-electron chi connectivity index (χ1n) is 4.55. The Hall–Kier alpha value is -0.430. The molecule has 4 nitrogen and oxygen atoms in total. The van der Waals surface area contributed by atoms with E-state index in [0.29, 0.717) is 0 Å². The Balaban J connectivity index is 2.72. The molecule has 0 saturated heterocycles. The van der Waals surface area contributed by atoms with Gasteiger partial charge in [-0.05, 0) is 35.9 Å². The van der Waals surface area contributed by atoms with Crippen LogP contribution in [0.25, 0.3) is 0 Å². The first-order valence-corrected chi connectivity index (χ1v) is 5.63. The van der Waals surface area contributed by atoms with Crippen molar-refractivity contribution in [3.8, 4) is 0 Å². The monoisotopic (exact) mass is 307 g/mol. The van der Waals surface area contributed by atoms with Gasteiger partial charge in [0, 0.05) is 6.20 Å². The van der Waals surface area contributed by atoms with Gasteiger partial charge in [0.25, 0.3) is 0 Å². The summed E-state index contributed by atoms with van der Waals surface area (Å²) in [4.78, 5) is 8.01. The van der Waals surface area contributed by atoms with E-state index in [9.17, 15) is 5.11 Å². The molecule has 1 aromatic heterocycles. The zero-order valence-electron chi connectivity index (χ0n) is 8.24. The second-order valence-corrected chi connectivity index (χ2v) is 4.28. The molecule has 2 unspecified atom stereocenters. The number of hydrogen-bond acceptors (Lipinski definition) is 4. The Labute approximate surface area is 97.3 Å². The van der Waals surface area contributed by atoms with Crippen LogP contribution in [0.4, 0.5) is 5.82 Å². The molecule has 78 valence electrons. The molecule has 0 spiro atoms. The average Bonchev–Trinajstić information content (AvgIpc) is 2.16. The molecule has 0 fully saturated rings. The number of aliphatic hydroxyl groups excluding tert-OH is 1. The van der Waals surface area contributed by atoms with Crippen LogP contribution in [0.3, 0.4) is 0 Å². The molecule has 0 bridgehead atoms. The van der Waals surface area contributed by atoms with Crippen LogP contribution >= 0.6 is 22.6 Å². The minimum atomic E-state index is -0.384. The molecule has 0 aliphatic heterocycles. The van der Waals surface area contributed by atoms with Gasteiger partial charge in [-0.3, -0.25) is 0 Å². The lowest BCUT2D eigenvalue weighted by atomic mass is 10.1. The van der Waals surface area contributed by atoms with Gasteiger partial charge in [-0.25, -0.2) is 9.97 Å². The average molecular weight is 307 g/mol. The van der Waals surface area contributed by atoms with E-state index in [1.807, 2.05) is 6.92 Å². The molecule has 1 aromatic rings. The number of rotatable bonds is 4. The molecule has 5 heteroatoms. The number of hydrogen-bond donors (Lipinski definition) is 2. The Bertz CT molecular complexity index is 293. The lowest BCUT2D eigenvalue weighted by Gasteiger charge is -2.20. The Morgan fingerprint density at radius 2 is 2.36 bits per heavy atom. The zero-order chi connectivity index (χ0) is 10.6. The molecular formula is C9H14IN3O. The van der Waals surface area contributed by atoms with Crippen molar-refractivity contribution in [3.63, 3.8) is 0 Å². The van der Waals surface area contributed by atoms with Crippen LogP contribution in [0.2, 0.25) is 0 Å². The zero-order valence-corrected chi connectivity index (χ0v) is 10.4. The lowest BCUT2D eigenvalue weighted by Crippen LogP contribution is -2.31. The van der Waals surface area contributed by atoms with E-state index >= 15 is 0 Å². The third kappa shape index (κ3) is 3.06. The van der Waals surface area contributed by atoms with Gasteiger partial charge in [0.1, 0.15) is 12.1 Å². The summed E-state index contributed by atoms with van der Waals surface area (Å²) in [5.41, 5.74) is 0. The van der Waals surface area contributed by atoms with E-state index in [1.54, 1.807) is 13.1 Å². The predicted octanol–water partition coefficient (Wildman–Crippen LogP) is 1.65. The lowest BCUT2D eigenvalue weighted by molar-refractivity contribution is 0.169. The summed E-state index contributed by atoms with van der Waals surface area (Å²) in [5.74, 6) is 0.786. The molecular weight excluding hydrogens is 293 g/mol. The van der Waals surface area contributed by atoms with E-state index in [-0.39, 0.29) is 12.1 Å². The largest absolute Gasteiger partial charge is 0.391 e. The minimum absolute atomic E-state index is 0.0402. The first kappa shape index (κ1) is 11.6. The Morgan fingerprint density at radius 1 is 1.64 bits per heavy atom. The summed E-state index contributed by atoms with van der Waals surface area (Å²) in [6.45, 7) is 3.80. The summed E-state index contributed by atoms with van der Waals surface area (Å²) in [5, 5.41) is 12.6. The van der Waals surface area contributed by atoms with Crippen LogP contribution in [0.1, 0.15) is 20.3 Å². The highest BCUT2D eigenvalue weighted by molar-refractivity contribution is 14.1. The maximum absolute atomic E-state index is 9.46. The maximum Gasteiger partial charge on any atom is 0.143 e. The van der Waals surface area contributed by atoms with Gasteiger partial charge in [-0.2, -0.15) is 0 Å². The fraction of sp³-hybridized carbons (Fsp3) is 0.556. The van der Waals surface area contributed by atoms with Gasteiger partial charge in [0.15, 0.2) is 0 Å². The molecule has 0 saturated carbocycles. The molecule has 1 rings (SSSR count). The quantitative estimate of drug-likeness (QED) is 0.831. The van der Waals surface area contributed by atoms with Crippen molar-refractivity contribution in [3.05, 3.63) is 16.1 Å². The molecule has 0 radical (unpaired) electrons. The fourth-order valence-corrected chi connectivity index (χ4v) is 1.61. The SMILES string of the molecule is CCC(Nc1ncncc1I)C(C)O. The molecule has 0 aliphatic rings. The van der Waals surface area contributed by atoms with Gasteiger partial charge in [-0.15, -0.1) is 0 Å². The number of nitrogens with one attached hydrogen (secondary N) is 1. The molecule has 14 heavy (non-hydrogen) atoms. The fourth-order valence-electron chi connectivity index (χ4n) is 1.16. The Kier molecular flexibility index (Phi) is 4.53. The van der Waals surface area contributed by atoms with Crippen molar-refractivity contribution < 1.29 is 5.11 Å². The van der Waals surface area contributed by atoms with E-state index in [4.69, 9.17) is 0 Å². The summed E-state index contributed by atoms with van der Waals surface area (Å²) < 4.78 is 0.962. The van der Waals surface area contributed by atoms with Crippen molar-refractivity contribution in [2.75, 3.05) is 5.32 Å². The normalized spacial score (nSPS) is 14.9. The maximum atomic E-state index is 9.46. The molecule has 0 aliphatic carbocycles.